The Kier molecular flexibility index (Phi) is 4.96. The highest BCUT2D eigenvalue weighted by Gasteiger charge is 2.29. The highest BCUT2D eigenvalue weighted by molar-refractivity contribution is 9.10. The highest BCUT2D eigenvalue weighted by Crippen LogP contribution is 2.27. The number of hydrogen-bond acceptors (Lipinski definition) is 4. The first kappa shape index (κ1) is 15.2. The third-order valence-electron chi connectivity index (χ3n) is 3.78. The maximum Gasteiger partial charge on any atom is 0.222 e. The van der Waals surface area contributed by atoms with Crippen molar-refractivity contribution in [2.45, 2.75) is 45.6 Å². The number of primary amides is 1. The lowest BCUT2D eigenvalue weighted by molar-refractivity contribution is -0.122. The molecule has 0 saturated carbocycles. The maximum absolute atomic E-state index is 11.4. The van der Waals surface area contributed by atoms with E-state index in [1.807, 2.05) is 6.07 Å². The lowest BCUT2D eigenvalue weighted by Gasteiger charge is -2.37. The fourth-order valence-electron chi connectivity index (χ4n) is 2.59. The van der Waals surface area contributed by atoms with Crippen LogP contribution < -0.4 is 10.6 Å². The zero-order valence-electron chi connectivity index (χ0n) is 12.0. The number of rotatable bonds is 4. The van der Waals surface area contributed by atoms with Crippen LogP contribution in [-0.4, -0.2) is 28.5 Å². The van der Waals surface area contributed by atoms with Crippen molar-refractivity contribution < 1.29 is 4.79 Å². The maximum atomic E-state index is 11.4. The summed E-state index contributed by atoms with van der Waals surface area (Å²) in [5.41, 5.74) is 5.45. The molecule has 20 heavy (non-hydrogen) atoms. The second-order valence-corrected chi connectivity index (χ2v) is 6.21. The predicted molar refractivity (Wildman–Crippen MR) is 82.5 cm³/mol. The summed E-state index contributed by atoms with van der Waals surface area (Å²) in [5.74, 6) is 1.41. The topological polar surface area (TPSA) is 72.1 Å². The second kappa shape index (κ2) is 6.52. The molecule has 2 atom stereocenters. The molecule has 1 aromatic heterocycles. The summed E-state index contributed by atoms with van der Waals surface area (Å²) in [6.07, 6.45) is 3.68. The predicted octanol–water partition coefficient (Wildman–Crippen LogP) is 2.28. The Morgan fingerprint density at radius 2 is 2.25 bits per heavy atom. The van der Waals surface area contributed by atoms with Crippen molar-refractivity contribution in [1.29, 1.82) is 0 Å². The summed E-state index contributed by atoms with van der Waals surface area (Å²) < 4.78 is 0.791. The average molecular weight is 341 g/mol. The van der Waals surface area contributed by atoms with Gasteiger partial charge in [-0.1, -0.05) is 6.92 Å². The number of aryl methyl sites for hydroxylation is 1. The zero-order chi connectivity index (χ0) is 14.7. The van der Waals surface area contributed by atoms with Crippen molar-refractivity contribution in [2.24, 2.45) is 11.7 Å². The summed E-state index contributed by atoms with van der Waals surface area (Å²) in [4.78, 5) is 22.6. The van der Waals surface area contributed by atoms with Gasteiger partial charge in [0, 0.05) is 25.1 Å². The molecule has 2 N–H and O–H groups in total. The molecular formula is C14H21BrN4O. The molecule has 2 heterocycles. The first-order chi connectivity index (χ1) is 9.51. The highest BCUT2D eigenvalue weighted by atomic mass is 79.9. The van der Waals surface area contributed by atoms with Gasteiger partial charge in [-0.05, 0) is 42.1 Å². The number of carbonyl (C=O) groups is 1. The van der Waals surface area contributed by atoms with Gasteiger partial charge in [-0.15, -0.1) is 0 Å². The molecule has 2 rings (SSSR count). The SMILES string of the molecule is CCCc1nc(Br)cc(N2CC(C(N)=O)CCC2C)n1. The van der Waals surface area contributed by atoms with Crippen LogP contribution >= 0.6 is 15.9 Å². The quantitative estimate of drug-likeness (QED) is 0.853. The van der Waals surface area contributed by atoms with Gasteiger partial charge in [0.05, 0.1) is 5.92 Å². The van der Waals surface area contributed by atoms with Gasteiger partial charge in [0.2, 0.25) is 5.91 Å². The molecule has 1 fully saturated rings. The molecule has 0 aromatic carbocycles. The Labute approximate surface area is 128 Å². The van der Waals surface area contributed by atoms with Crippen molar-refractivity contribution in [3.05, 3.63) is 16.5 Å². The van der Waals surface area contributed by atoms with Gasteiger partial charge in [-0.25, -0.2) is 9.97 Å². The monoisotopic (exact) mass is 340 g/mol. The van der Waals surface area contributed by atoms with Gasteiger partial charge in [-0.2, -0.15) is 0 Å². The van der Waals surface area contributed by atoms with E-state index in [0.29, 0.717) is 12.6 Å². The van der Waals surface area contributed by atoms with Gasteiger partial charge in [0.1, 0.15) is 16.2 Å². The first-order valence-corrected chi connectivity index (χ1v) is 7.90. The Bertz CT molecular complexity index is 494. The van der Waals surface area contributed by atoms with Crippen molar-refractivity contribution in [3.8, 4) is 0 Å². The summed E-state index contributed by atoms with van der Waals surface area (Å²) in [7, 11) is 0. The molecule has 0 aliphatic carbocycles. The molecule has 0 bridgehead atoms. The van der Waals surface area contributed by atoms with Gasteiger partial charge < -0.3 is 10.6 Å². The molecule has 1 aliphatic heterocycles. The first-order valence-electron chi connectivity index (χ1n) is 7.10. The van der Waals surface area contributed by atoms with Crippen LogP contribution in [-0.2, 0) is 11.2 Å². The molecule has 1 amide bonds. The third kappa shape index (κ3) is 3.48. The molecule has 1 aliphatic rings. The summed E-state index contributed by atoms with van der Waals surface area (Å²) in [6.45, 7) is 4.91. The largest absolute Gasteiger partial charge is 0.369 e. The molecule has 6 heteroatoms. The van der Waals surface area contributed by atoms with Crippen molar-refractivity contribution in [3.63, 3.8) is 0 Å². The van der Waals surface area contributed by atoms with E-state index >= 15 is 0 Å². The normalized spacial score (nSPS) is 22.9. The number of nitrogens with zero attached hydrogens (tertiary/aromatic N) is 3. The Morgan fingerprint density at radius 1 is 1.50 bits per heavy atom. The van der Waals surface area contributed by atoms with Crippen LogP contribution in [0.3, 0.4) is 0 Å². The number of piperidine rings is 1. The fourth-order valence-corrected chi connectivity index (χ4v) is 3.00. The number of nitrogens with two attached hydrogens (primary N) is 1. The van der Waals surface area contributed by atoms with E-state index in [0.717, 1.165) is 41.9 Å². The fraction of sp³-hybridized carbons (Fsp3) is 0.643. The number of halogens is 1. The molecule has 110 valence electrons. The molecule has 1 aromatic rings. The lowest BCUT2D eigenvalue weighted by atomic mass is 9.93. The van der Waals surface area contributed by atoms with Gasteiger partial charge in [0.15, 0.2) is 0 Å². The molecule has 1 saturated heterocycles. The van der Waals surface area contributed by atoms with Crippen LogP contribution in [0.15, 0.2) is 10.7 Å². The number of amides is 1. The molecule has 5 nitrogen and oxygen atoms in total. The Hall–Kier alpha value is -1.17. The number of carbonyl (C=O) groups excluding carboxylic acids is 1. The summed E-state index contributed by atoms with van der Waals surface area (Å²) in [5, 5.41) is 0. The van der Waals surface area contributed by atoms with E-state index in [4.69, 9.17) is 5.73 Å². The van der Waals surface area contributed by atoms with Crippen LogP contribution in [0, 0.1) is 5.92 Å². The molecule has 2 unspecified atom stereocenters. The number of hydrogen-bond donors (Lipinski definition) is 1. The molecular weight excluding hydrogens is 320 g/mol. The van der Waals surface area contributed by atoms with E-state index < -0.39 is 0 Å². The lowest BCUT2D eigenvalue weighted by Crippen LogP contribution is -2.46. The minimum absolute atomic E-state index is 0.0884. The molecule has 0 radical (unpaired) electrons. The van der Waals surface area contributed by atoms with Crippen LogP contribution in [0.1, 0.15) is 38.9 Å². The van der Waals surface area contributed by atoms with E-state index in [-0.39, 0.29) is 11.8 Å². The number of anilines is 1. The smallest absolute Gasteiger partial charge is 0.222 e. The second-order valence-electron chi connectivity index (χ2n) is 5.39. The van der Waals surface area contributed by atoms with Gasteiger partial charge in [-0.3, -0.25) is 4.79 Å². The summed E-state index contributed by atoms with van der Waals surface area (Å²) in [6, 6.07) is 2.28. The minimum Gasteiger partial charge on any atom is -0.369 e. The molecule has 0 spiro atoms. The zero-order valence-corrected chi connectivity index (χ0v) is 13.6. The Morgan fingerprint density at radius 3 is 2.90 bits per heavy atom. The van der Waals surface area contributed by atoms with Gasteiger partial charge >= 0.3 is 0 Å². The average Bonchev–Trinajstić information content (AvgIpc) is 2.38. The van der Waals surface area contributed by atoms with Crippen LogP contribution in [0.5, 0.6) is 0 Å². The Balaban J connectivity index is 2.26. The van der Waals surface area contributed by atoms with Crippen molar-refractivity contribution >= 4 is 27.7 Å². The van der Waals surface area contributed by atoms with Crippen molar-refractivity contribution in [2.75, 3.05) is 11.4 Å². The minimum atomic E-state index is -0.219. The van der Waals surface area contributed by atoms with Crippen LogP contribution in [0.2, 0.25) is 0 Å². The summed E-state index contributed by atoms with van der Waals surface area (Å²) >= 11 is 3.44. The van der Waals surface area contributed by atoms with Crippen LogP contribution in [0.4, 0.5) is 5.82 Å². The van der Waals surface area contributed by atoms with E-state index in [9.17, 15) is 4.79 Å². The number of aromatic nitrogens is 2. The van der Waals surface area contributed by atoms with Crippen molar-refractivity contribution in [1.82, 2.24) is 9.97 Å². The van der Waals surface area contributed by atoms with Crippen LogP contribution in [0.25, 0.3) is 0 Å². The van der Waals surface area contributed by atoms with Gasteiger partial charge in [0.25, 0.3) is 0 Å². The van der Waals surface area contributed by atoms with E-state index in [1.165, 1.54) is 0 Å². The standard InChI is InChI=1S/C14H21BrN4O/c1-3-4-12-17-11(15)7-13(18-12)19-8-10(14(16)20)6-5-9(19)2/h7,9-10H,3-6,8H2,1-2H3,(H2,16,20). The van der Waals surface area contributed by atoms with E-state index in [2.05, 4.69) is 44.6 Å². The third-order valence-corrected chi connectivity index (χ3v) is 4.19. The van der Waals surface area contributed by atoms with E-state index in [1.54, 1.807) is 0 Å².